The summed E-state index contributed by atoms with van der Waals surface area (Å²) in [5.41, 5.74) is 0. The normalized spacial score (nSPS) is 8.67. The second kappa shape index (κ2) is 5.69. The number of rotatable bonds is 3. The maximum Gasteiger partial charge on any atom is 0.314 e. The Bertz CT molecular complexity index is 87.0. The molecule has 2 N–H and O–H groups in total. The van der Waals surface area contributed by atoms with Crippen LogP contribution in [0.3, 0.4) is 0 Å². The van der Waals surface area contributed by atoms with E-state index in [9.17, 15) is 4.79 Å². The number of alkyl halides is 1. The Morgan fingerprint density at radius 2 is 2.22 bits per heavy atom. The maximum atomic E-state index is 10.5. The summed E-state index contributed by atoms with van der Waals surface area (Å²) in [6, 6.07) is -0.154. The van der Waals surface area contributed by atoms with Crippen molar-refractivity contribution in [3.05, 3.63) is 0 Å². The van der Waals surface area contributed by atoms with Crippen LogP contribution < -0.4 is 10.6 Å². The van der Waals surface area contributed by atoms with Gasteiger partial charge in [0.15, 0.2) is 0 Å². The predicted octanol–water partition coefficient (Wildman–Crippen LogP) is 0.544. The molecule has 4 heteroatoms. The molecule has 0 fully saturated rings. The van der Waals surface area contributed by atoms with Gasteiger partial charge in [0, 0.05) is 19.0 Å². The largest absolute Gasteiger partial charge is 0.338 e. The lowest BCUT2D eigenvalue weighted by Gasteiger charge is -2.01. The van der Waals surface area contributed by atoms with Crippen LogP contribution in [0.2, 0.25) is 0 Å². The van der Waals surface area contributed by atoms with Gasteiger partial charge in [0.1, 0.15) is 0 Å². The summed E-state index contributed by atoms with van der Waals surface area (Å²) in [4.78, 5) is 10.5. The van der Waals surface area contributed by atoms with E-state index in [0.29, 0.717) is 19.0 Å². The van der Waals surface area contributed by atoms with Gasteiger partial charge in [-0.15, -0.1) is 11.6 Å². The first kappa shape index (κ1) is 8.56. The Morgan fingerprint density at radius 1 is 1.56 bits per heavy atom. The van der Waals surface area contributed by atoms with Crippen molar-refractivity contribution in [2.75, 3.05) is 19.0 Å². The van der Waals surface area contributed by atoms with E-state index in [1.54, 1.807) is 0 Å². The van der Waals surface area contributed by atoms with Crippen molar-refractivity contribution in [1.29, 1.82) is 0 Å². The summed E-state index contributed by atoms with van der Waals surface area (Å²) in [6.45, 7) is 3.03. The lowest BCUT2D eigenvalue weighted by Crippen LogP contribution is -2.36. The molecule has 0 aromatic heterocycles. The van der Waals surface area contributed by atoms with E-state index < -0.39 is 0 Å². The number of nitrogens with one attached hydrogen (secondary N) is 2. The van der Waals surface area contributed by atoms with Gasteiger partial charge in [0.05, 0.1) is 0 Å². The van der Waals surface area contributed by atoms with E-state index in [1.807, 2.05) is 6.92 Å². The van der Waals surface area contributed by atoms with Gasteiger partial charge in [-0.05, 0) is 6.92 Å². The van der Waals surface area contributed by atoms with E-state index >= 15 is 0 Å². The number of urea groups is 1. The Kier molecular flexibility index (Phi) is 5.41. The van der Waals surface area contributed by atoms with Crippen LogP contribution in [0, 0.1) is 0 Å². The van der Waals surface area contributed by atoms with Crippen LogP contribution in [0.5, 0.6) is 0 Å². The SMILES string of the molecule is CCNC(=O)NCCCl. The quantitative estimate of drug-likeness (QED) is 0.567. The van der Waals surface area contributed by atoms with Crippen molar-refractivity contribution >= 4 is 17.6 Å². The van der Waals surface area contributed by atoms with Gasteiger partial charge >= 0.3 is 6.03 Å². The highest BCUT2D eigenvalue weighted by Gasteiger charge is 1.92. The van der Waals surface area contributed by atoms with Crippen LogP contribution in [0.4, 0.5) is 4.79 Å². The fourth-order valence-electron chi connectivity index (χ4n) is 0.384. The molecule has 0 heterocycles. The molecule has 0 aliphatic rings. The average molecular weight is 151 g/mol. The van der Waals surface area contributed by atoms with Crippen LogP contribution in [0.1, 0.15) is 6.92 Å². The number of hydrogen-bond donors (Lipinski definition) is 2. The maximum absolute atomic E-state index is 10.5. The second-order valence-electron chi connectivity index (χ2n) is 1.48. The Balaban J connectivity index is 3.06. The zero-order valence-electron chi connectivity index (χ0n) is 5.41. The molecule has 0 rings (SSSR count). The van der Waals surface area contributed by atoms with E-state index in [0.717, 1.165) is 0 Å². The molecule has 0 saturated carbocycles. The summed E-state index contributed by atoms with van der Waals surface area (Å²) in [7, 11) is 0. The highest BCUT2D eigenvalue weighted by atomic mass is 35.5. The average Bonchev–Trinajstić information content (AvgIpc) is 1.85. The highest BCUT2D eigenvalue weighted by molar-refractivity contribution is 6.18. The number of halogens is 1. The minimum Gasteiger partial charge on any atom is -0.338 e. The topological polar surface area (TPSA) is 41.1 Å². The molecule has 2 amide bonds. The smallest absolute Gasteiger partial charge is 0.314 e. The minimum atomic E-state index is -0.154. The fourth-order valence-corrected chi connectivity index (χ4v) is 0.478. The summed E-state index contributed by atoms with van der Waals surface area (Å²) in [5.74, 6) is 0.455. The first-order valence-corrected chi connectivity index (χ1v) is 3.42. The highest BCUT2D eigenvalue weighted by Crippen LogP contribution is 1.69. The van der Waals surface area contributed by atoms with Crippen molar-refractivity contribution in [3.63, 3.8) is 0 Å². The molecule has 9 heavy (non-hydrogen) atoms. The molecule has 0 aliphatic heterocycles. The molecule has 0 aromatic carbocycles. The number of carbonyl (C=O) groups is 1. The second-order valence-corrected chi connectivity index (χ2v) is 1.85. The van der Waals surface area contributed by atoms with Gasteiger partial charge in [0.25, 0.3) is 0 Å². The summed E-state index contributed by atoms with van der Waals surface area (Å²) in [6.07, 6.45) is 0. The van der Waals surface area contributed by atoms with E-state index in [4.69, 9.17) is 11.6 Å². The van der Waals surface area contributed by atoms with E-state index in [2.05, 4.69) is 10.6 Å². The fraction of sp³-hybridized carbons (Fsp3) is 0.800. The first-order valence-electron chi connectivity index (χ1n) is 2.89. The Hall–Kier alpha value is -0.440. The summed E-state index contributed by atoms with van der Waals surface area (Å²) < 4.78 is 0. The molecule has 0 aromatic rings. The van der Waals surface area contributed by atoms with Crippen LogP contribution >= 0.6 is 11.6 Å². The van der Waals surface area contributed by atoms with Gasteiger partial charge in [-0.3, -0.25) is 0 Å². The number of carbonyl (C=O) groups excluding carboxylic acids is 1. The number of amides is 2. The molecule has 0 bridgehead atoms. The van der Waals surface area contributed by atoms with Crippen molar-refractivity contribution in [1.82, 2.24) is 10.6 Å². The van der Waals surface area contributed by atoms with E-state index in [1.165, 1.54) is 0 Å². The third-order valence-corrected chi connectivity index (χ3v) is 0.906. The lowest BCUT2D eigenvalue weighted by atomic mass is 10.7. The molecule has 0 atom stereocenters. The van der Waals surface area contributed by atoms with Crippen molar-refractivity contribution in [3.8, 4) is 0 Å². The molecule has 0 unspecified atom stereocenters. The van der Waals surface area contributed by atoms with Gasteiger partial charge in [0.2, 0.25) is 0 Å². The monoisotopic (exact) mass is 150 g/mol. The molecule has 0 spiro atoms. The molecule has 3 nitrogen and oxygen atoms in total. The van der Waals surface area contributed by atoms with Gasteiger partial charge < -0.3 is 10.6 Å². The zero-order chi connectivity index (χ0) is 7.11. The van der Waals surface area contributed by atoms with Gasteiger partial charge in [-0.25, -0.2) is 4.79 Å². The van der Waals surface area contributed by atoms with Gasteiger partial charge in [-0.2, -0.15) is 0 Å². The first-order chi connectivity index (χ1) is 4.31. The van der Waals surface area contributed by atoms with Gasteiger partial charge in [-0.1, -0.05) is 0 Å². The van der Waals surface area contributed by atoms with Crippen LogP contribution in [0.15, 0.2) is 0 Å². The molecule has 0 radical (unpaired) electrons. The van der Waals surface area contributed by atoms with Crippen molar-refractivity contribution < 1.29 is 4.79 Å². The minimum absolute atomic E-state index is 0.154. The van der Waals surface area contributed by atoms with Crippen molar-refractivity contribution in [2.24, 2.45) is 0 Å². The molecular formula is C5H11ClN2O. The third kappa shape index (κ3) is 5.43. The Labute approximate surface area is 59.8 Å². The third-order valence-electron chi connectivity index (χ3n) is 0.717. The van der Waals surface area contributed by atoms with Crippen LogP contribution in [0.25, 0.3) is 0 Å². The molecule has 0 saturated heterocycles. The number of hydrogen-bond acceptors (Lipinski definition) is 1. The van der Waals surface area contributed by atoms with Crippen LogP contribution in [-0.2, 0) is 0 Å². The van der Waals surface area contributed by atoms with E-state index in [-0.39, 0.29) is 6.03 Å². The molecule has 54 valence electrons. The standard InChI is InChI=1S/C5H11ClN2O/c1-2-7-5(9)8-4-3-6/h2-4H2,1H3,(H2,7,8,9). The van der Waals surface area contributed by atoms with Crippen LogP contribution in [-0.4, -0.2) is 25.0 Å². The Morgan fingerprint density at radius 3 is 2.67 bits per heavy atom. The predicted molar refractivity (Wildman–Crippen MR) is 37.8 cm³/mol. The van der Waals surface area contributed by atoms with Crippen molar-refractivity contribution in [2.45, 2.75) is 6.92 Å². The molecule has 0 aliphatic carbocycles. The zero-order valence-corrected chi connectivity index (χ0v) is 6.16. The molecular weight excluding hydrogens is 140 g/mol. The summed E-state index contributed by atoms with van der Waals surface area (Å²) in [5, 5.41) is 5.12. The summed E-state index contributed by atoms with van der Waals surface area (Å²) >= 11 is 5.30. The lowest BCUT2D eigenvalue weighted by molar-refractivity contribution is 0.242.